The minimum Gasteiger partial charge on any atom is -0.495 e. The molecule has 0 aliphatic carbocycles. The molecule has 0 amide bonds. The molecular formula is C26H29N3OS. The predicted octanol–water partition coefficient (Wildman–Crippen LogP) is 5.51. The summed E-state index contributed by atoms with van der Waals surface area (Å²) < 4.78 is 5.55. The lowest BCUT2D eigenvalue weighted by Crippen LogP contribution is -2.47. The number of hydrogen-bond acceptors (Lipinski definition) is 5. The summed E-state index contributed by atoms with van der Waals surface area (Å²) in [6.45, 7) is 6.47. The van der Waals surface area contributed by atoms with Crippen molar-refractivity contribution in [1.82, 2.24) is 4.90 Å². The number of methoxy groups -OCH3 is 1. The van der Waals surface area contributed by atoms with Crippen molar-refractivity contribution < 1.29 is 4.74 Å². The van der Waals surface area contributed by atoms with Crippen LogP contribution in [0, 0.1) is 0 Å². The van der Waals surface area contributed by atoms with Gasteiger partial charge in [0.15, 0.2) is 0 Å². The Bertz CT molecular complexity index is 987. The minimum absolute atomic E-state index is 0.969. The molecule has 0 bridgehead atoms. The van der Waals surface area contributed by atoms with Crippen molar-refractivity contribution in [2.75, 3.05) is 56.2 Å². The Morgan fingerprint density at radius 1 is 0.710 bits per heavy atom. The Hall–Kier alpha value is -2.63. The van der Waals surface area contributed by atoms with Crippen LogP contribution in [-0.2, 0) is 0 Å². The summed E-state index contributed by atoms with van der Waals surface area (Å²) in [5.41, 5.74) is 3.89. The normalized spacial score (nSPS) is 16.0. The molecule has 2 aliphatic heterocycles. The lowest BCUT2D eigenvalue weighted by molar-refractivity contribution is 0.255. The number of fused-ring (bicyclic) bond motifs is 2. The lowest BCUT2D eigenvalue weighted by atomic mass is 10.2. The molecule has 160 valence electrons. The first-order valence-corrected chi connectivity index (χ1v) is 11.9. The Morgan fingerprint density at radius 2 is 1.29 bits per heavy atom. The van der Waals surface area contributed by atoms with Gasteiger partial charge in [-0.05, 0) is 49.4 Å². The van der Waals surface area contributed by atoms with E-state index in [0.717, 1.165) is 51.4 Å². The first kappa shape index (κ1) is 20.3. The molecule has 0 atom stereocenters. The number of ether oxygens (including phenoxy) is 1. The second kappa shape index (κ2) is 9.25. The van der Waals surface area contributed by atoms with Crippen LogP contribution in [0.2, 0.25) is 0 Å². The first-order valence-electron chi connectivity index (χ1n) is 11.1. The third-order valence-corrected chi connectivity index (χ3v) is 7.32. The summed E-state index contributed by atoms with van der Waals surface area (Å²) in [4.78, 5) is 10.3. The second-order valence-electron chi connectivity index (χ2n) is 8.04. The van der Waals surface area contributed by atoms with Gasteiger partial charge in [-0.3, -0.25) is 4.90 Å². The molecule has 4 nitrogen and oxygen atoms in total. The fourth-order valence-corrected chi connectivity index (χ4v) is 5.67. The number of nitrogens with zero attached hydrogens (tertiary/aromatic N) is 3. The van der Waals surface area contributed by atoms with Crippen molar-refractivity contribution in [2.24, 2.45) is 0 Å². The standard InChI is InChI=1S/C26H29N3OS/c1-30-24-12-5-2-9-21(24)28-19-17-27(18-20-28)15-8-16-29-22-10-3-6-13-25(22)31-26-14-7-4-11-23(26)29/h2-7,9-14H,8,15-20H2,1H3. The highest BCUT2D eigenvalue weighted by Gasteiger charge is 2.23. The summed E-state index contributed by atoms with van der Waals surface area (Å²) >= 11 is 1.88. The molecule has 0 radical (unpaired) electrons. The van der Waals surface area contributed by atoms with Crippen LogP contribution in [0.15, 0.2) is 82.6 Å². The zero-order chi connectivity index (χ0) is 21.0. The molecule has 3 aromatic rings. The second-order valence-corrected chi connectivity index (χ2v) is 9.13. The molecule has 0 unspecified atom stereocenters. The summed E-state index contributed by atoms with van der Waals surface area (Å²) in [5.74, 6) is 0.969. The van der Waals surface area contributed by atoms with Gasteiger partial charge in [0.25, 0.3) is 0 Å². The van der Waals surface area contributed by atoms with E-state index in [1.54, 1.807) is 7.11 Å². The van der Waals surface area contributed by atoms with E-state index in [-0.39, 0.29) is 0 Å². The van der Waals surface area contributed by atoms with Crippen LogP contribution in [0.25, 0.3) is 0 Å². The van der Waals surface area contributed by atoms with Gasteiger partial charge in [-0.2, -0.15) is 0 Å². The number of piperazine rings is 1. The minimum atomic E-state index is 0.969. The third kappa shape index (κ3) is 4.25. The molecule has 0 spiro atoms. The average Bonchev–Trinajstić information content (AvgIpc) is 2.84. The Balaban J connectivity index is 1.19. The van der Waals surface area contributed by atoms with Gasteiger partial charge in [0.05, 0.1) is 24.2 Å². The number of benzene rings is 3. The summed E-state index contributed by atoms with van der Waals surface area (Å²) in [5, 5.41) is 0. The van der Waals surface area contributed by atoms with Crippen LogP contribution < -0.4 is 14.5 Å². The highest BCUT2D eigenvalue weighted by atomic mass is 32.2. The van der Waals surface area contributed by atoms with Gasteiger partial charge in [0, 0.05) is 42.5 Å². The van der Waals surface area contributed by atoms with Gasteiger partial charge in [-0.25, -0.2) is 0 Å². The molecular weight excluding hydrogens is 402 g/mol. The third-order valence-electron chi connectivity index (χ3n) is 6.19. The predicted molar refractivity (Wildman–Crippen MR) is 130 cm³/mol. The van der Waals surface area contributed by atoms with E-state index in [2.05, 4.69) is 75.4 Å². The molecule has 3 aromatic carbocycles. The van der Waals surface area contributed by atoms with Gasteiger partial charge < -0.3 is 14.5 Å². The van der Waals surface area contributed by atoms with E-state index in [9.17, 15) is 0 Å². The lowest BCUT2D eigenvalue weighted by Gasteiger charge is -2.37. The highest BCUT2D eigenvalue weighted by molar-refractivity contribution is 7.99. The van der Waals surface area contributed by atoms with Crippen LogP contribution in [0.3, 0.4) is 0 Å². The van der Waals surface area contributed by atoms with Gasteiger partial charge in [0.2, 0.25) is 0 Å². The van der Waals surface area contributed by atoms with E-state index < -0.39 is 0 Å². The molecule has 0 aromatic heterocycles. The largest absolute Gasteiger partial charge is 0.495 e. The molecule has 5 heteroatoms. The molecule has 1 saturated heterocycles. The first-order chi connectivity index (χ1) is 15.3. The topological polar surface area (TPSA) is 19.0 Å². The van der Waals surface area contributed by atoms with Crippen LogP contribution in [0.4, 0.5) is 17.1 Å². The van der Waals surface area contributed by atoms with Crippen molar-refractivity contribution in [2.45, 2.75) is 16.2 Å². The molecule has 31 heavy (non-hydrogen) atoms. The fourth-order valence-electron chi connectivity index (χ4n) is 4.58. The SMILES string of the molecule is COc1ccccc1N1CCN(CCCN2c3ccccc3Sc3ccccc32)CC1. The smallest absolute Gasteiger partial charge is 0.142 e. The van der Waals surface area contributed by atoms with E-state index in [0.29, 0.717) is 0 Å². The van der Waals surface area contributed by atoms with Crippen LogP contribution in [-0.4, -0.2) is 51.3 Å². The number of rotatable bonds is 6. The zero-order valence-corrected chi connectivity index (χ0v) is 18.9. The Labute approximate surface area is 189 Å². The van der Waals surface area contributed by atoms with E-state index in [4.69, 9.17) is 4.74 Å². The molecule has 2 aliphatic rings. The number of anilines is 3. The van der Waals surface area contributed by atoms with Crippen molar-refractivity contribution in [3.05, 3.63) is 72.8 Å². The molecule has 2 heterocycles. The average molecular weight is 432 g/mol. The molecule has 0 N–H and O–H groups in total. The quantitative estimate of drug-likeness (QED) is 0.511. The van der Waals surface area contributed by atoms with Crippen LogP contribution >= 0.6 is 11.8 Å². The Kier molecular flexibility index (Phi) is 6.05. The summed E-state index contributed by atoms with van der Waals surface area (Å²) in [6, 6.07) is 25.9. The van der Waals surface area contributed by atoms with Gasteiger partial charge in [-0.1, -0.05) is 48.2 Å². The van der Waals surface area contributed by atoms with Crippen LogP contribution in [0.5, 0.6) is 5.75 Å². The maximum absolute atomic E-state index is 5.55. The number of para-hydroxylation sites is 4. The summed E-state index contributed by atoms with van der Waals surface area (Å²) in [6.07, 6.45) is 1.15. The highest BCUT2D eigenvalue weighted by Crippen LogP contribution is 2.47. The van der Waals surface area contributed by atoms with Gasteiger partial charge in [-0.15, -0.1) is 0 Å². The maximum Gasteiger partial charge on any atom is 0.142 e. The van der Waals surface area contributed by atoms with E-state index in [1.807, 2.05) is 23.9 Å². The fraction of sp³-hybridized carbons (Fsp3) is 0.308. The van der Waals surface area contributed by atoms with Gasteiger partial charge >= 0.3 is 0 Å². The van der Waals surface area contributed by atoms with Crippen molar-refractivity contribution in [1.29, 1.82) is 0 Å². The monoisotopic (exact) mass is 431 g/mol. The zero-order valence-electron chi connectivity index (χ0n) is 18.0. The van der Waals surface area contributed by atoms with Crippen LogP contribution in [0.1, 0.15) is 6.42 Å². The summed E-state index contributed by atoms with van der Waals surface area (Å²) in [7, 11) is 1.75. The van der Waals surface area contributed by atoms with Crippen molar-refractivity contribution in [3.8, 4) is 5.75 Å². The molecule has 5 rings (SSSR count). The Morgan fingerprint density at radius 3 is 1.94 bits per heavy atom. The van der Waals surface area contributed by atoms with E-state index in [1.165, 1.54) is 26.9 Å². The van der Waals surface area contributed by atoms with Crippen molar-refractivity contribution >= 4 is 28.8 Å². The van der Waals surface area contributed by atoms with Crippen molar-refractivity contribution in [3.63, 3.8) is 0 Å². The number of hydrogen-bond donors (Lipinski definition) is 0. The molecule has 0 saturated carbocycles. The van der Waals surface area contributed by atoms with Gasteiger partial charge in [0.1, 0.15) is 5.75 Å². The molecule has 1 fully saturated rings. The maximum atomic E-state index is 5.55. The van der Waals surface area contributed by atoms with E-state index >= 15 is 0 Å².